The van der Waals surface area contributed by atoms with Gasteiger partial charge in [0.25, 0.3) is 0 Å². The standard InChI is InChI=1S/C16H10ClF3N2/c17-15-12-3-1-2-4-13(12)21-14(22-15)9-10-5-7-11(8-6-10)16(18,19)20/h1-8H,9H2. The molecule has 0 aliphatic heterocycles. The predicted molar refractivity (Wildman–Crippen MR) is 78.8 cm³/mol. The minimum atomic E-state index is -4.33. The molecule has 1 aromatic heterocycles. The number of hydrogen-bond acceptors (Lipinski definition) is 2. The average molecular weight is 323 g/mol. The Labute approximate surface area is 129 Å². The number of fused-ring (bicyclic) bond motifs is 1. The average Bonchev–Trinajstić information content (AvgIpc) is 2.47. The Hall–Kier alpha value is -2.14. The molecule has 6 heteroatoms. The van der Waals surface area contributed by atoms with Gasteiger partial charge >= 0.3 is 6.18 Å². The zero-order valence-corrected chi connectivity index (χ0v) is 12.0. The summed E-state index contributed by atoms with van der Waals surface area (Å²) in [7, 11) is 0. The third-order valence-electron chi connectivity index (χ3n) is 3.25. The van der Waals surface area contributed by atoms with E-state index in [2.05, 4.69) is 9.97 Å². The molecule has 0 unspecified atom stereocenters. The largest absolute Gasteiger partial charge is 0.416 e. The molecule has 2 aromatic carbocycles. The normalized spacial score (nSPS) is 11.8. The molecular formula is C16H10ClF3N2. The molecule has 2 nitrogen and oxygen atoms in total. The second-order valence-corrected chi connectivity index (χ2v) is 5.18. The smallest absolute Gasteiger partial charge is 0.232 e. The van der Waals surface area contributed by atoms with Crippen LogP contribution in [0.3, 0.4) is 0 Å². The van der Waals surface area contributed by atoms with Gasteiger partial charge in [0, 0.05) is 11.8 Å². The van der Waals surface area contributed by atoms with Gasteiger partial charge in [-0.25, -0.2) is 9.97 Å². The van der Waals surface area contributed by atoms with Gasteiger partial charge in [-0.15, -0.1) is 0 Å². The highest BCUT2D eigenvalue weighted by molar-refractivity contribution is 6.34. The molecule has 0 saturated carbocycles. The molecule has 3 rings (SSSR count). The van der Waals surface area contributed by atoms with Crippen molar-refractivity contribution in [1.29, 1.82) is 0 Å². The fourth-order valence-electron chi connectivity index (χ4n) is 2.16. The van der Waals surface area contributed by atoms with Gasteiger partial charge in [0.1, 0.15) is 11.0 Å². The van der Waals surface area contributed by atoms with Crippen molar-refractivity contribution in [1.82, 2.24) is 9.97 Å². The molecule has 0 spiro atoms. The van der Waals surface area contributed by atoms with Crippen LogP contribution in [0.5, 0.6) is 0 Å². The molecule has 0 fully saturated rings. The number of para-hydroxylation sites is 1. The summed E-state index contributed by atoms with van der Waals surface area (Å²) >= 11 is 6.11. The van der Waals surface area contributed by atoms with Gasteiger partial charge in [0.2, 0.25) is 0 Å². The number of rotatable bonds is 2. The molecule has 0 aliphatic rings. The summed E-state index contributed by atoms with van der Waals surface area (Å²) < 4.78 is 37.6. The molecule has 1 heterocycles. The van der Waals surface area contributed by atoms with Gasteiger partial charge in [0.15, 0.2) is 0 Å². The lowest BCUT2D eigenvalue weighted by molar-refractivity contribution is -0.137. The maximum absolute atomic E-state index is 12.5. The Bertz CT molecular complexity index is 814. The van der Waals surface area contributed by atoms with Crippen LogP contribution < -0.4 is 0 Å². The number of halogens is 4. The van der Waals surface area contributed by atoms with Crippen LogP contribution in [0, 0.1) is 0 Å². The topological polar surface area (TPSA) is 25.8 Å². The van der Waals surface area contributed by atoms with Gasteiger partial charge in [0.05, 0.1) is 11.1 Å². The van der Waals surface area contributed by atoms with Gasteiger partial charge in [-0.3, -0.25) is 0 Å². The lowest BCUT2D eigenvalue weighted by Gasteiger charge is -2.08. The quantitative estimate of drug-likeness (QED) is 0.628. The Kier molecular flexibility index (Phi) is 3.74. The van der Waals surface area contributed by atoms with Crippen molar-refractivity contribution in [2.45, 2.75) is 12.6 Å². The van der Waals surface area contributed by atoms with Crippen molar-refractivity contribution in [3.05, 3.63) is 70.6 Å². The highest BCUT2D eigenvalue weighted by atomic mass is 35.5. The summed E-state index contributed by atoms with van der Waals surface area (Å²) in [6.07, 6.45) is -4.01. The maximum atomic E-state index is 12.5. The van der Waals surface area contributed by atoms with Crippen LogP contribution in [-0.2, 0) is 12.6 Å². The molecule has 0 bridgehead atoms. The van der Waals surface area contributed by atoms with Gasteiger partial charge < -0.3 is 0 Å². The molecule has 0 amide bonds. The number of nitrogens with zero attached hydrogens (tertiary/aromatic N) is 2. The minimum Gasteiger partial charge on any atom is -0.232 e. The molecule has 0 N–H and O–H groups in total. The SMILES string of the molecule is FC(F)(F)c1ccc(Cc2nc(Cl)c3ccccc3n2)cc1. The monoisotopic (exact) mass is 322 g/mol. The predicted octanol–water partition coefficient (Wildman–Crippen LogP) is 4.89. The molecule has 3 aromatic rings. The van der Waals surface area contributed by atoms with E-state index in [1.807, 2.05) is 24.3 Å². The van der Waals surface area contributed by atoms with Crippen LogP contribution in [0.1, 0.15) is 17.0 Å². The summed E-state index contributed by atoms with van der Waals surface area (Å²) in [4.78, 5) is 8.58. The van der Waals surface area contributed by atoms with E-state index >= 15 is 0 Å². The Morgan fingerprint density at radius 3 is 2.27 bits per heavy atom. The Balaban J connectivity index is 1.90. The Morgan fingerprint density at radius 1 is 0.909 bits per heavy atom. The van der Waals surface area contributed by atoms with Crippen LogP contribution in [0.2, 0.25) is 5.15 Å². The number of hydrogen-bond donors (Lipinski definition) is 0. The van der Waals surface area contributed by atoms with Crippen molar-refractivity contribution in [3.8, 4) is 0 Å². The lowest BCUT2D eigenvalue weighted by Crippen LogP contribution is -2.05. The third-order valence-corrected chi connectivity index (χ3v) is 3.53. The second-order valence-electron chi connectivity index (χ2n) is 4.82. The van der Waals surface area contributed by atoms with Gasteiger partial charge in [-0.1, -0.05) is 35.9 Å². The second kappa shape index (κ2) is 5.57. The Morgan fingerprint density at radius 2 is 1.59 bits per heavy atom. The van der Waals surface area contributed by atoms with Crippen LogP contribution in [0.25, 0.3) is 10.9 Å². The minimum absolute atomic E-state index is 0.322. The summed E-state index contributed by atoms with van der Waals surface area (Å²) in [5.41, 5.74) is 0.734. The van der Waals surface area contributed by atoms with E-state index in [-0.39, 0.29) is 0 Å². The van der Waals surface area contributed by atoms with Crippen LogP contribution >= 0.6 is 11.6 Å². The van der Waals surface area contributed by atoms with E-state index in [0.717, 1.165) is 17.5 Å². The molecular weight excluding hydrogens is 313 g/mol. The number of benzene rings is 2. The zero-order valence-electron chi connectivity index (χ0n) is 11.2. The van der Waals surface area contributed by atoms with E-state index in [1.54, 1.807) is 0 Å². The highest BCUT2D eigenvalue weighted by Gasteiger charge is 2.29. The molecule has 112 valence electrons. The van der Waals surface area contributed by atoms with Gasteiger partial charge in [-0.2, -0.15) is 13.2 Å². The van der Waals surface area contributed by atoms with Crippen molar-refractivity contribution in [3.63, 3.8) is 0 Å². The van der Waals surface area contributed by atoms with Gasteiger partial charge in [-0.05, 0) is 29.8 Å². The fraction of sp³-hybridized carbons (Fsp3) is 0.125. The van der Waals surface area contributed by atoms with E-state index in [9.17, 15) is 13.2 Å². The molecule has 22 heavy (non-hydrogen) atoms. The van der Waals surface area contributed by atoms with E-state index in [4.69, 9.17) is 11.6 Å². The number of alkyl halides is 3. The molecule has 0 atom stereocenters. The fourth-order valence-corrected chi connectivity index (χ4v) is 2.41. The molecule has 0 aliphatic carbocycles. The summed E-state index contributed by atoms with van der Waals surface area (Å²) in [6.45, 7) is 0. The first kappa shape index (κ1) is 14.8. The third kappa shape index (κ3) is 3.04. The summed E-state index contributed by atoms with van der Waals surface area (Å²) in [5.74, 6) is 0.475. The first-order chi connectivity index (χ1) is 10.4. The first-order valence-electron chi connectivity index (χ1n) is 6.51. The zero-order chi connectivity index (χ0) is 15.7. The van der Waals surface area contributed by atoms with Crippen molar-refractivity contribution < 1.29 is 13.2 Å². The van der Waals surface area contributed by atoms with Crippen LogP contribution in [0.4, 0.5) is 13.2 Å². The van der Waals surface area contributed by atoms with E-state index in [1.165, 1.54) is 12.1 Å². The van der Waals surface area contributed by atoms with E-state index in [0.29, 0.717) is 28.5 Å². The maximum Gasteiger partial charge on any atom is 0.416 e. The van der Waals surface area contributed by atoms with Crippen LogP contribution in [0.15, 0.2) is 48.5 Å². The van der Waals surface area contributed by atoms with E-state index < -0.39 is 11.7 Å². The summed E-state index contributed by atoms with van der Waals surface area (Å²) in [6, 6.07) is 12.3. The number of aromatic nitrogens is 2. The van der Waals surface area contributed by atoms with Crippen molar-refractivity contribution in [2.75, 3.05) is 0 Å². The molecule has 0 saturated heterocycles. The van der Waals surface area contributed by atoms with Crippen molar-refractivity contribution in [2.24, 2.45) is 0 Å². The first-order valence-corrected chi connectivity index (χ1v) is 6.88. The summed E-state index contributed by atoms with van der Waals surface area (Å²) in [5, 5.41) is 1.09. The van der Waals surface area contributed by atoms with Crippen molar-refractivity contribution >= 4 is 22.5 Å². The lowest BCUT2D eigenvalue weighted by atomic mass is 10.1. The van der Waals surface area contributed by atoms with Crippen LogP contribution in [-0.4, -0.2) is 9.97 Å². The molecule has 0 radical (unpaired) electrons. The highest BCUT2D eigenvalue weighted by Crippen LogP contribution is 2.29.